The third kappa shape index (κ3) is 4.06. The molecule has 1 N–H and O–H groups in total. The Labute approximate surface area is 140 Å². The average Bonchev–Trinajstić information content (AvgIpc) is 2.41. The Kier molecular flexibility index (Phi) is 4.77. The standard InChI is InChI=1S/C15H13BrF3NO2S/c1-9-3-4-10(2)14(7-9)20-23(21,22)11-5-6-13(16)12(8-11)15(17,18)19/h3-8,20H,1-2H3. The molecular weight excluding hydrogens is 395 g/mol. The molecule has 0 aliphatic heterocycles. The van der Waals surface area contributed by atoms with Crippen LogP contribution in [-0.4, -0.2) is 8.42 Å². The monoisotopic (exact) mass is 407 g/mol. The van der Waals surface area contributed by atoms with E-state index in [1.54, 1.807) is 26.0 Å². The summed E-state index contributed by atoms with van der Waals surface area (Å²) in [6.45, 7) is 3.50. The van der Waals surface area contributed by atoms with Crippen LogP contribution >= 0.6 is 15.9 Å². The number of benzene rings is 2. The number of anilines is 1. The molecule has 0 amide bonds. The third-order valence-electron chi connectivity index (χ3n) is 3.19. The maximum absolute atomic E-state index is 12.9. The Bertz CT molecular complexity index is 848. The number of aryl methyl sites for hydroxylation is 2. The van der Waals surface area contributed by atoms with Crippen LogP contribution in [0.2, 0.25) is 0 Å². The molecule has 0 spiro atoms. The first-order valence-corrected chi connectivity index (χ1v) is 8.75. The van der Waals surface area contributed by atoms with Crippen LogP contribution in [-0.2, 0) is 16.2 Å². The van der Waals surface area contributed by atoms with Gasteiger partial charge >= 0.3 is 6.18 Å². The van der Waals surface area contributed by atoms with Gasteiger partial charge in [-0.05, 0) is 49.2 Å². The summed E-state index contributed by atoms with van der Waals surface area (Å²) in [5.41, 5.74) is 0.801. The summed E-state index contributed by atoms with van der Waals surface area (Å²) in [7, 11) is -4.12. The fraction of sp³-hybridized carbons (Fsp3) is 0.200. The molecule has 124 valence electrons. The number of halogens is 4. The van der Waals surface area contributed by atoms with E-state index in [0.29, 0.717) is 17.3 Å². The zero-order valence-corrected chi connectivity index (χ0v) is 14.6. The van der Waals surface area contributed by atoms with Crippen molar-refractivity contribution in [3.8, 4) is 0 Å². The quantitative estimate of drug-likeness (QED) is 0.787. The van der Waals surface area contributed by atoms with Gasteiger partial charge in [0.15, 0.2) is 0 Å². The second kappa shape index (κ2) is 6.16. The van der Waals surface area contributed by atoms with Gasteiger partial charge in [-0.25, -0.2) is 8.42 Å². The molecule has 0 unspecified atom stereocenters. The molecule has 0 saturated heterocycles. The Morgan fingerprint density at radius 1 is 1.04 bits per heavy atom. The van der Waals surface area contributed by atoms with Crippen LogP contribution in [0, 0.1) is 13.8 Å². The molecule has 0 fully saturated rings. The van der Waals surface area contributed by atoms with Crippen LogP contribution in [0.3, 0.4) is 0 Å². The predicted octanol–water partition coefficient (Wildman–Crippen LogP) is 4.89. The summed E-state index contributed by atoms with van der Waals surface area (Å²) >= 11 is 2.79. The lowest BCUT2D eigenvalue weighted by molar-refractivity contribution is -0.138. The Morgan fingerprint density at radius 2 is 1.70 bits per heavy atom. The van der Waals surface area contributed by atoms with E-state index >= 15 is 0 Å². The molecule has 2 aromatic carbocycles. The Balaban J connectivity index is 2.46. The summed E-state index contributed by atoms with van der Waals surface area (Å²) in [5.74, 6) is 0. The molecule has 0 saturated carbocycles. The molecule has 0 aliphatic carbocycles. The minimum absolute atomic E-state index is 0.212. The highest BCUT2D eigenvalue weighted by Crippen LogP contribution is 2.36. The molecule has 0 aromatic heterocycles. The topological polar surface area (TPSA) is 46.2 Å². The van der Waals surface area contributed by atoms with Crippen LogP contribution < -0.4 is 4.72 Å². The molecule has 2 aromatic rings. The van der Waals surface area contributed by atoms with Crippen molar-refractivity contribution in [2.45, 2.75) is 24.9 Å². The summed E-state index contributed by atoms with van der Waals surface area (Å²) in [6, 6.07) is 7.96. The van der Waals surface area contributed by atoms with Crippen LogP contribution in [0.4, 0.5) is 18.9 Å². The lowest BCUT2D eigenvalue weighted by Gasteiger charge is -2.14. The van der Waals surface area contributed by atoms with Crippen molar-refractivity contribution in [3.05, 3.63) is 57.6 Å². The highest BCUT2D eigenvalue weighted by molar-refractivity contribution is 9.10. The molecule has 0 radical (unpaired) electrons. The number of rotatable bonds is 3. The molecule has 3 nitrogen and oxygen atoms in total. The van der Waals surface area contributed by atoms with E-state index in [9.17, 15) is 21.6 Å². The van der Waals surface area contributed by atoms with Crippen molar-refractivity contribution in [1.82, 2.24) is 0 Å². The summed E-state index contributed by atoms with van der Waals surface area (Å²) < 4.78 is 65.6. The van der Waals surface area contributed by atoms with Crippen LogP contribution in [0.5, 0.6) is 0 Å². The van der Waals surface area contributed by atoms with E-state index < -0.39 is 26.7 Å². The average molecular weight is 408 g/mol. The normalized spacial score (nSPS) is 12.3. The van der Waals surface area contributed by atoms with E-state index in [0.717, 1.165) is 17.7 Å². The van der Waals surface area contributed by atoms with Gasteiger partial charge in [-0.2, -0.15) is 13.2 Å². The summed E-state index contributed by atoms with van der Waals surface area (Å²) in [6.07, 6.45) is -4.65. The van der Waals surface area contributed by atoms with Gasteiger partial charge in [0.1, 0.15) is 0 Å². The van der Waals surface area contributed by atoms with Crippen molar-refractivity contribution in [1.29, 1.82) is 0 Å². The van der Waals surface area contributed by atoms with Crippen molar-refractivity contribution >= 4 is 31.6 Å². The fourth-order valence-corrected chi connectivity index (χ4v) is 3.56. The molecular formula is C15H13BrF3NO2S. The third-order valence-corrected chi connectivity index (χ3v) is 5.25. The van der Waals surface area contributed by atoms with Crippen LogP contribution in [0.15, 0.2) is 45.8 Å². The van der Waals surface area contributed by atoms with Crippen LogP contribution in [0.25, 0.3) is 0 Å². The van der Waals surface area contributed by atoms with Crippen molar-refractivity contribution in [3.63, 3.8) is 0 Å². The molecule has 8 heteroatoms. The molecule has 0 aliphatic rings. The zero-order chi connectivity index (χ0) is 17.4. The Morgan fingerprint density at radius 3 is 2.30 bits per heavy atom. The number of alkyl halides is 3. The van der Waals surface area contributed by atoms with Gasteiger partial charge in [0.2, 0.25) is 0 Å². The summed E-state index contributed by atoms with van der Waals surface area (Å²) in [4.78, 5) is -0.450. The van der Waals surface area contributed by atoms with Gasteiger partial charge in [0.25, 0.3) is 10.0 Å². The minimum atomic E-state index is -4.65. The maximum atomic E-state index is 12.9. The number of nitrogens with one attached hydrogen (secondary N) is 1. The van der Waals surface area contributed by atoms with E-state index in [2.05, 4.69) is 20.7 Å². The molecule has 0 atom stereocenters. The SMILES string of the molecule is Cc1ccc(C)c(NS(=O)(=O)c2ccc(Br)c(C(F)(F)F)c2)c1. The van der Waals surface area contributed by atoms with Gasteiger partial charge in [0.05, 0.1) is 16.1 Å². The number of sulfonamides is 1. The molecule has 23 heavy (non-hydrogen) atoms. The minimum Gasteiger partial charge on any atom is -0.279 e. The van der Waals surface area contributed by atoms with Crippen molar-refractivity contribution in [2.75, 3.05) is 4.72 Å². The van der Waals surface area contributed by atoms with Gasteiger partial charge in [0, 0.05) is 4.47 Å². The number of hydrogen-bond acceptors (Lipinski definition) is 2. The lowest BCUT2D eigenvalue weighted by Crippen LogP contribution is -2.15. The second-order valence-corrected chi connectivity index (χ2v) is 7.60. The highest BCUT2D eigenvalue weighted by Gasteiger charge is 2.34. The fourth-order valence-electron chi connectivity index (χ4n) is 1.94. The van der Waals surface area contributed by atoms with Gasteiger partial charge < -0.3 is 0 Å². The first kappa shape index (κ1) is 17.8. The van der Waals surface area contributed by atoms with E-state index in [1.807, 2.05) is 6.07 Å². The molecule has 0 heterocycles. The largest absolute Gasteiger partial charge is 0.417 e. The highest BCUT2D eigenvalue weighted by atomic mass is 79.9. The van der Waals surface area contributed by atoms with Gasteiger partial charge in [-0.15, -0.1) is 0 Å². The zero-order valence-electron chi connectivity index (χ0n) is 12.2. The van der Waals surface area contributed by atoms with Crippen molar-refractivity contribution < 1.29 is 21.6 Å². The Hall–Kier alpha value is -1.54. The summed E-state index contributed by atoms with van der Waals surface area (Å²) in [5, 5.41) is 0. The predicted molar refractivity (Wildman–Crippen MR) is 85.9 cm³/mol. The molecule has 2 rings (SSSR count). The van der Waals surface area contributed by atoms with Gasteiger partial charge in [-0.1, -0.05) is 28.1 Å². The van der Waals surface area contributed by atoms with E-state index in [4.69, 9.17) is 0 Å². The first-order chi connectivity index (χ1) is 10.5. The van der Waals surface area contributed by atoms with Crippen LogP contribution in [0.1, 0.15) is 16.7 Å². The van der Waals surface area contributed by atoms with Gasteiger partial charge in [-0.3, -0.25) is 4.72 Å². The maximum Gasteiger partial charge on any atom is 0.417 e. The second-order valence-electron chi connectivity index (χ2n) is 5.06. The lowest BCUT2D eigenvalue weighted by atomic mass is 10.1. The van der Waals surface area contributed by atoms with Crippen molar-refractivity contribution in [2.24, 2.45) is 0 Å². The first-order valence-electron chi connectivity index (χ1n) is 6.47. The van der Waals surface area contributed by atoms with E-state index in [-0.39, 0.29) is 4.47 Å². The number of hydrogen-bond donors (Lipinski definition) is 1. The smallest absolute Gasteiger partial charge is 0.279 e. The molecule has 0 bridgehead atoms. The van der Waals surface area contributed by atoms with E-state index in [1.165, 1.54) is 0 Å².